The topological polar surface area (TPSA) is 98.6 Å². The first-order valence-electron chi connectivity index (χ1n) is 5.42. The number of carbonyl (C=O) groups excluding carboxylic acids is 1. The second kappa shape index (κ2) is 6.34. The van der Waals surface area contributed by atoms with E-state index < -0.39 is 24.2 Å². The summed E-state index contributed by atoms with van der Waals surface area (Å²) in [6, 6.07) is 7.55. The Morgan fingerprint density at radius 2 is 1.94 bits per heavy atom. The molecule has 0 bridgehead atoms. The summed E-state index contributed by atoms with van der Waals surface area (Å²) >= 11 is 0. The lowest BCUT2D eigenvalue weighted by atomic mass is 10.1. The number of hydrogen-bond acceptors (Lipinski definition) is 5. The maximum atomic E-state index is 11.5. The van der Waals surface area contributed by atoms with Crippen LogP contribution in [-0.4, -0.2) is 29.3 Å². The summed E-state index contributed by atoms with van der Waals surface area (Å²) in [5, 5.41) is 9.51. The second-order valence-electron chi connectivity index (χ2n) is 3.97. The molecule has 3 atom stereocenters. The molecule has 0 saturated heterocycles. The Balaban J connectivity index is 2.45. The van der Waals surface area contributed by atoms with Gasteiger partial charge in [-0.15, -0.1) is 0 Å². The van der Waals surface area contributed by atoms with Gasteiger partial charge in [-0.1, -0.05) is 30.3 Å². The first kappa shape index (κ1) is 13.6. The number of aliphatic hydroxyl groups excluding tert-OH is 1. The smallest absolute Gasteiger partial charge is 0.326 e. The zero-order valence-electron chi connectivity index (χ0n) is 9.74. The molecule has 0 aliphatic heterocycles. The van der Waals surface area contributed by atoms with E-state index in [0.29, 0.717) is 0 Å². The van der Waals surface area contributed by atoms with Crippen LogP contribution in [0.15, 0.2) is 30.3 Å². The third-order valence-electron chi connectivity index (χ3n) is 2.40. The van der Waals surface area contributed by atoms with Crippen LogP contribution in [0.25, 0.3) is 0 Å². The Labute approximate surface area is 100 Å². The fourth-order valence-corrected chi connectivity index (χ4v) is 1.29. The van der Waals surface area contributed by atoms with E-state index in [1.54, 1.807) is 6.92 Å². The van der Waals surface area contributed by atoms with Gasteiger partial charge in [0, 0.05) is 6.04 Å². The van der Waals surface area contributed by atoms with Gasteiger partial charge in [0.2, 0.25) is 0 Å². The second-order valence-corrected chi connectivity index (χ2v) is 3.97. The number of ether oxygens (including phenoxy) is 1. The predicted molar refractivity (Wildman–Crippen MR) is 63.9 cm³/mol. The standard InChI is InChI=1S/C12H18N2O3/c1-8(13)11(15)10(14)12(16)17-7-9-5-3-2-4-6-9/h2-6,8,10-11,15H,7,13-14H2,1H3/t8?,10-,11?/m0/s1. The minimum Gasteiger partial charge on any atom is -0.460 e. The van der Waals surface area contributed by atoms with Crippen LogP contribution in [0, 0.1) is 0 Å². The van der Waals surface area contributed by atoms with Gasteiger partial charge in [0.15, 0.2) is 0 Å². The molecule has 0 amide bonds. The monoisotopic (exact) mass is 238 g/mol. The van der Waals surface area contributed by atoms with E-state index in [0.717, 1.165) is 5.56 Å². The highest BCUT2D eigenvalue weighted by Gasteiger charge is 2.26. The quantitative estimate of drug-likeness (QED) is 0.615. The lowest BCUT2D eigenvalue weighted by Crippen LogP contribution is -2.50. The van der Waals surface area contributed by atoms with Crippen LogP contribution in [0.5, 0.6) is 0 Å². The SMILES string of the molecule is CC(N)C(O)[C@H](N)C(=O)OCc1ccccc1. The van der Waals surface area contributed by atoms with E-state index in [2.05, 4.69) is 0 Å². The summed E-state index contributed by atoms with van der Waals surface area (Å²) in [4.78, 5) is 11.5. The summed E-state index contributed by atoms with van der Waals surface area (Å²) in [7, 11) is 0. The van der Waals surface area contributed by atoms with E-state index in [9.17, 15) is 9.90 Å². The van der Waals surface area contributed by atoms with Crippen molar-refractivity contribution in [2.45, 2.75) is 31.7 Å². The third kappa shape index (κ3) is 4.14. The van der Waals surface area contributed by atoms with E-state index >= 15 is 0 Å². The fourth-order valence-electron chi connectivity index (χ4n) is 1.29. The van der Waals surface area contributed by atoms with Crippen molar-refractivity contribution >= 4 is 5.97 Å². The largest absolute Gasteiger partial charge is 0.460 e. The van der Waals surface area contributed by atoms with Gasteiger partial charge < -0.3 is 21.3 Å². The average Bonchev–Trinajstić information content (AvgIpc) is 2.35. The van der Waals surface area contributed by atoms with Crippen molar-refractivity contribution in [2.75, 3.05) is 0 Å². The van der Waals surface area contributed by atoms with Crippen LogP contribution in [0.2, 0.25) is 0 Å². The molecule has 5 heteroatoms. The molecule has 5 N–H and O–H groups in total. The van der Waals surface area contributed by atoms with E-state index in [-0.39, 0.29) is 6.61 Å². The molecule has 0 saturated carbocycles. The maximum absolute atomic E-state index is 11.5. The van der Waals surface area contributed by atoms with Crippen LogP contribution in [0.4, 0.5) is 0 Å². The molecule has 1 aromatic rings. The van der Waals surface area contributed by atoms with Crippen molar-refractivity contribution in [3.8, 4) is 0 Å². The molecular weight excluding hydrogens is 220 g/mol. The molecule has 1 aromatic carbocycles. The molecule has 0 aliphatic rings. The number of aliphatic hydroxyl groups is 1. The van der Waals surface area contributed by atoms with Gasteiger partial charge in [-0.05, 0) is 12.5 Å². The molecule has 0 heterocycles. The van der Waals surface area contributed by atoms with Crippen molar-refractivity contribution in [1.82, 2.24) is 0 Å². The molecule has 0 fully saturated rings. The van der Waals surface area contributed by atoms with Crippen molar-refractivity contribution in [3.05, 3.63) is 35.9 Å². The van der Waals surface area contributed by atoms with Crippen molar-refractivity contribution < 1.29 is 14.6 Å². The average molecular weight is 238 g/mol. The number of benzene rings is 1. The fraction of sp³-hybridized carbons (Fsp3) is 0.417. The summed E-state index contributed by atoms with van der Waals surface area (Å²) in [5.41, 5.74) is 11.8. The predicted octanol–water partition coefficient (Wildman–Crippen LogP) is -0.235. The summed E-state index contributed by atoms with van der Waals surface area (Å²) < 4.78 is 4.98. The molecule has 17 heavy (non-hydrogen) atoms. The molecule has 0 radical (unpaired) electrons. The highest BCUT2D eigenvalue weighted by molar-refractivity contribution is 5.76. The first-order chi connectivity index (χ1) is 8.02. The lowest BCUT2D eigenvalue weighted by molar-refractivity contribution is -0.149. The lowest BCUT2D eigenvalue weighted by Gasteiger charge is -2.20. The van der Waals surface area contributed by atoms with Gasteiger partial charge in [0.05, 0.1) is 6.10 Å². The van der Waals surface area contributed by atoms with E-state index in [1.807, 2.05) is 30.3 Å². The Morgan fingerprint density at radius 3 is 2.47 bits per heavy atom. The van der Waals surface area contributed by atoms with Gasteiger partial charge in [0.25, 0.3) is 0 Å². The Bertz CT molecular complexity index is 354. The van der Waals surface area contributed by atoms with Crippen LogP contribution in [0.3, 0.4) is 0 Å². The third-order valence-corrected chi connectivity index (χ3v) is 2.40. The van der Waals surface area contributed by atoms with Gasteiger partial charge in [-0.25, -0.2) is 0 Å². The molecular formula is C12H18N2O3. The Kier molecular flexibility index (Phi) is 5.09. The summed E-state index contributed by atoms with van der Waals surface area (Å²) in [6.07, 6.45) is -1.10. The highest BCUT2D eigenvalue weighted by atomic mass is 16.5. The molecule has 0 aliphatic carbocycles. The van der Waals surface area contributed by atoms with Crippen LogP contribution in [0.1, 0.15) is 12.5 Å². The van der Waals surface area contributed by atoms with Crippen molar-refractivity contribution in [3.63, 3.8) is 0 Å². The van der Waals surface area contributed by atoms with Crippen molar-refractivity contribution in [2.24, 2.45) is 11.5 Å². The number of esters is 1. The molecule has 2 unspecified atom stereocenters. The van der Waals surface area contributed by atoms with Crippen LogP contribution < -0.4 is 11.5 Å². The highest BCUT2D eigenvalue weighted by Crippen LogP contribution is 2.03. The van der Waals surface area contributed by atoms with E-state index in [4.69, 9.17) is 16.2 Å². The number of rotatable bonds is 5. The summed E-state index contributed by atoms with van der Waals surface area (Å²) in [5.74, 6) is -0.654. The zero-order chi connectivity index (χ0) is 12.8. The number of nitrogens with two attached hydrogens (primary N) is 2. The molecule has 94 valence electrons. The van der Waals surface area contributed by atoms with Gasteiger partial charge in [0.1, 0.15) is 12.6 Å². The zero-order valence-corrected chi connectivity index (χ0v) is 9.74. The van der Waals surface area contributed by atoms with Crippen molar-refractivity contribution in [1.29, 1.82) is 0 Å². The molecule has 1 rings (SSSR count). The molecule has 0 spiro atoms. The molecule has 0 aromatic heterocycles. The first-order valence-corrected chi connectivity index (χ1v) is 5.42. The van der Waals surface area contributed by atoms with Crippen LogP contribution in [-0.2, 0) is 16.1 Å². The number of hydrogen-bond donors (Lipinski definition) is 3. The van der Waals surface area contributed by atoms with E-state index in [1.165, 1.54) is 0 Å². The van der Waals surface area contributed by atoms with Gasteiger partial charge in [-0.3, -0.25) is 4.79 Å². The summed E-state index contributed by atoms with van der Waals surface area (Å²) in [6.45, 7) is 1.72. The maximum Gasteiger partial charge on any atom is 0.326 e. The molecule has 5 nitrogen and oxygen atoms in total. The Hall–Kier alpha value is -1.43. The van der Waals surface area contributed by atoms with Crippen LogP contribution >= 0.6 is 0 Å². The number of carbonyl (C=O) groups is 1. The Morgan fingerprint density at radius 1 is 1.35 bits per heavy atom. The minimum atomic E-state index is -1.11. The van der Waals surface area contributed by atoms with Gasteiger partial charge >= 0.3 is 5.97 Å². The normalized spacial score (nSPS) is 16.0. The van der Waals surface area contributed by atoms with Gasteiger partial charge in [-0.2, -0.15) is 0 Å². The minimum absolute atomic E-state index is 0.138.